The van der Waals surface area contributed by atoms with Crippen LogP contribution in [-0.4, -0.2) is 32.6 Å². The van der Waals surface area contributed by atoms with E-state index in [0.717, 1.165) is 24.5 Å². The third kappa shape index (κ3) is 3.19. The summed E-state index contributed by atoms with van der Waals surface area (Å²) in [5.74, 6) is 0.906. The minimum Gasteiger partial charge on any atom is -0.497 e. The first-order valence-corrected chi connectivity index (χ1v) is 7.97. The highest BCUT2D eigenvalue weighted by Gasteiger charge is 2.29. The quantitative estimate of drug-likeness (QED) is 0.702. The van der Waals surface area contributed by atoms with Crippen molar-refractivity contribution in [1.29, 1.82) is 0 Å². The van der Waals surface area contributed by atoms with Crippen LogP contribution in [0, 0.1) is 0 Å². The Morgan fingerprint density at radius 3 is 2.65 bits per heavy atom. The van der Waals surface area contributed by atoms with Crippen molar-refractivity contribution in [2.24, 2.45) is 0 Å². The van der Waals surface area contributed by atoms with Gasteiger partial charge >= 0.3 is 0 Å². The van der Waals surface area contributed by atoms with Gasteiger partial charge in [-0.25, -0.2) is 9.50 Å². The Hall–Kier alpha value is -2.40. The van der Waals surface area contributed by atoms with Gasteiger partial charge in [-0.3, -0.25) is 4.90 Å². The van der Waals surface area contributed by atoms with Crippen LogP contribution in [-0.2, 0) is 13.1 Å². The average molecular weight is 308 g/mol. The maximum absolute atomic E-state index is 5.23. The molecule has 1 aliphatic carbocycles. The highest BCUT2D eigenvalue weighted by Crippen LogP contribution is 2.30. The van der Waals surface area contributed by atoms with Crippen molar-refractivity contribution >= 4 is 5.65 Å². The highest BCUT2D eigenvalue weighted by molar-refractivity contribution is 5.39. The van der Waals surface area contributed by atoms with Crippen molar-refractivity contribution in [2.75, 3.05) is 7.11 Å². The minimum atomic E-state index is 0.700. The van der Waals surface area contributed by atoms with Crippen molar-refractivity contribution in [2.45, 2.75) is 32.0 Å². The molecule has 4 rings (SSSR count). The molecule has 0 atom stereocenters. The predicted molar refractivity (Wildman–Crippen MR) is 88.3 cm³/mol. The maximum atomic E-state index is 5.23. The number of pyridine rings is 1. The van der Waals surface area contributed by atoms with Gasteiger partial charge in [0, 0.05) is 25.3 Å². The normalized spacial score (nSPS) is 14.5. The Kier molecular flexibility index (Phi) is 3.71. The summed E-state index contributed by atoms with van der Waals surface area (Å²) in [5.41, 5.74) is 3.51. The van der Waals surface area contributed by atoms with Gasteiger partial charge in [-0.1, -0.05) is 12.1 Å². The summed E-state index contributed by atoms with van der Waals surface area (Å²) in [6, 6.07) is 13.3. The van der Waals surface area contributed by atoms with Gasteiger partial charge < -0.3 is 4.74 Å². The standard InChI is InChI=1S/C18H20N4O/c1-23-17-6-2-14(3-7-17)11-21(16-4-5-16)12-15-8-9-22-18(10-15)19-13-20-22/h2-3,6-10,13,16H,4-5,11-12H2,1H3. The molecular formula is C18H20N4O. The fourth-order valence-electron chi connectivity index (χ4n) is 2.91. The molecule has 3 aromatic rings. The number of aromatic nitrogens is 3. The second-order valence-corrected chi connectivity index (χ2v) is 6.08. The molecule has 0 N–H and O–H groups in total. The summed E-state index contributed by atoms with van der Waals surface area (Å²) in [6.45, 7) is 1.91. The third-order valence-corrected chi connectivity index (χ3v) is 4.34. The summed E-state index contributed by atoms with van der Waals surface area (Å²) in [5, 5.41) is 4.15. The number of rotatable bonds is 6. The molecule has 1 saturated carbocycles. The van der Waals surface area contributed by atoms with E-state index in [4.69, 9.17) is 4.74 Å². The molecule has 1 aromatic carbocycles. The zero-order valence-corrected chi connectivity index (χ0v) is 13.2. The van der Waals surface area contributed by atoms with Gasteiger partial charge in [0.2, 0.25) is 0 Å². The fraction of sp³-hybridized carbons (Fsp3) is 0.333. The number of hydrogen-bond donors (Lipinski definition) is 0. The summed E-state index contributed by atoms with van der Waals surface area (Å²) in [7, 11) is 1.70. The van der Waals surface area contributed by atoms with E-state index in [1.807, 2.05) is 18.3 Å². The number of fused-ring (bicyclic) bond motifs is 1. The molecule has 2 heterocycles. The number of nitrogens with zero attached hydrogens (tertiary/aromatic N) is 4. The molecule has 0 amide bonds. The van der Waals surface area contributed by atoms with E-state index in [2.05, 4.69) is 39.2 Å². The Labute approximate surface area is 135 Å². The fourth-order valence-corrected chi connectivity index (χ4v) is 2.91. The summed E-state index contributed by atoms with van der Waals surface area (Å²) in [4.78, 5) is 6.82. The molecule has 0 radical (unpaired) electrons. The van der Waals surface area contributed by atoms with E-state index in [1.165, 1.54) is 24.0 Å². The molecule has 2 aromatic heterocycles. The van der Waals surface area contributed by atoms with Crippen LogP contribution >= 0.6 is 0 Å². The number of ether oxygens (including phenoxy) is 1. The van der Waals surface area contributed by atoms with Crippen LogP contribution in [0.1, 0.15) is 24.0 Å². The van der Waals surface area contributed by atoms with Crippen LogP contribution in [0.5, 0.6) is 5.75 Å². The zero-order chi connectivity index (χ0) is 15.6. The van der Waals surface area contributed by atoms with Crippen molar-refractivity contribution in [1.82, 2.24) is 19.5 Å². The monoisotopic (exact) mass is 308 g/mol. The van der Waals surface area contributed by atoms with Crippen molar-refractivity contribution < 1.29 is 4.74 Å². The molecule has 0 spiro atoms. The summed E-state index contributed by atoms with van der Waals surface area (Å²) >= 11 is 0. The molecule has 0 bridgehead atoms. The lowest BCUT2D eigenvalue weighted by molar-refractivity contribution is 0.245. The van der Waals surface area contributed by atoms with Gasteiger partial charge in [0.05, 0.1) is 7.11 Å². The first-order valence-electron chi connectivity index (χ1n) is 7.97. The first-order chi connectivity index (χ1) is 11.3. The molecule has 5 nitrogen and oxygen atoms in total. The maximum Gasteiger partial charge on any atom is 0.155 e. The van der Waals surface area contributed by atoms with Gasteiger partial charge in [-0.05, 0) is 48.2 Å². The second-order valence-electron chi connectivity index (χ2n) is 6.08. The molecule has 0 saturated heterocycles. The number of hydrogen-bond acceptors (Lipinski definition) is 4. The second kappa shape index (κ2) is 6.01. The lowest BCUT2D eigenvalue weighted by Gasteiger charge is -2.22. The first kappa shape index (κ1) is 14.2. The summed E-state index contributed by atoms with van der Waals surface area (Å²) in [6.07, 6.45) is 6.16. The molecular weight excluding hydrogens is 288 g/mol. The molecule has 1 aliphatic rings. The number of methoxy groups -OCH3 is 1. The van der Waals surface area contributed by atoms with Crippen molar-refractivity contribution in [3.63, 3.8) is 0 Å². The van der Waals surface area contributed by atoms with E-state index >= 15 is 0 Å². The van der Waals surface area contributed by atoms with Gasteiger partial charge in [0.1, 0.15) is 12.1 Å². The SMILES string of the molecule is COc1ccc(CN(Cc2ccn3ncnc3c2)C2CC2)cc1. The highest BCUT2D eigenvalue weighted by atomic mass is 16.5. The van der Waals surface area contributed by atoms with Crippen LogP contribution < -0.4 is 4.74 Å². The van der Waals surface area contributed by atoms with Gasteiger partial charge in [0.15, 0.2) is 5.65 Å². The Balaban J connectivity index is 1.50. The van der Waals surface area contributed by atoms with Crippen LogP contribution in [0.4, 0.5) is 0 Å². The Morgan fingerprint density at radius 2 is 1.91 bits per heavy atom. The van der Waals surface area contributed by atoms with Gasteiger partial charge in [0.25, 0.3) is 0 Å². The molecule has 0 aliphatic heterocycles. The lowest BCUT2D eigenvalue weighted by Crippen LogP contribution is -2.25. The zero-order valence-electron chi connectivity index (χ0n) is 13.2. The molecule has 118 valence electrons. The van der Waals surface area contributed by atoms with Gasteiger partial charge in [-0.2, -0.15) is 5.10 Å². The Bertz CT molecular complexity index is 792. The van der Waals surface area contributed by atoms with Crippen LogP contribution in [0.15, 0.2) is 48.9 Å². The van der Waals surface area contributed by atoms with E-state index < -0.39 is 0 Å². The van der Waals surface area contributed by atoms with E-state index in [-0.39, 0.29) is 0 Å². The molecule has 0 unspecified atom stereocenters. The largest absolute Gasteiger partial charge is 0.497 e. The lowest BCUT2D eigenvalue weighted by atomic mass is 10.1. The van der Waals surface area contributed by atoms with E-state index in [9.17, 15) is 0 Å². The number of benzene rings is 1. The molecule has 1 fully saturated rings. The van der Waals surface area contributed by atoms with Crippen LogP contribution in [0.25, 0.3) is 5.65 Å². The molecule has 23 heavy (non-hydrogen) atoms. The van der Waals surface area contributed by atoms with E-state index in [1.54, 1.807) is 18.0 Å². The van der Waals surface area contributed by atoms with Crippen molar-refractivity contribution in [3.05, 3.63) is 60.0 Å². The summed E-state index contributed by atoms with van der Waals surface area (Å²) < 4.78 is 7.03. The minimum absolute atomic E-state index is 0.700. The van der Waals surface area contributed by atoms with Crippen molar-refractivity contribution in [3.8, 4) is 5.75 Å². The Morgan fingerprint density at radius 1 is 1.13 bits per heavy atom. The van der Waals surface area contributed by atoms with Crippen LogP contribution in [0.2, 0.25) is 0 Å². The smallest absolute Gasteiger partial charge is 0.155 e. The predicted octanol–water partition coefficient (Wildman–Crippen LogP) is 2.90. The van der Waals surface area contributed by atoms with Crippen LogP contribution in [0.3, 0.4) is 0 Å². The third-order valence-electron chi connectivity index (χ3n) is 4.34. The molecule has 5 heteroatoms. The van der Waals surface area contributed by atoms with Gasteiger partial charge in [-0.15, -0.1) is 0 Å². The van der Waals surface area contributed by atoms with E-state index in [0.29, 0.717) is 6.04 Å². The topological polar surface area (TPSA) is 42.7 Å². The average Bonchev–Trinajstić information content (AvgIpc) is 3.33.